The van der Waals surface area contributed by atoms with Crippen LogP contribution in [0.4, 0.5) is 5.69 Å². The third kappa shape index (κ3) is 7.03. The number of carbonyl (C=O) groups excluding carboxylic acids is 1. The molecule has 0 bridgehead atoms. The molecule has 7 nitrogen and oxygen atoms in total. The van der Waals surface area contributed by atoms with E-state index >= 15 is 0 Å². The molecule has 29 heavy (non-hydrogen) atoms. The van der Waals surface area contributed by atoms with Crippen molar-refractivity contribution >= 4 is 17.6 Å². The third-order valence-electron chi connectivity index (χ3n) is 4.46. The van der Waals surface area contributed by atoms with Crippen LogP contribution in [0.5, 0.6) is 11.5 Å². The monoisotopic (exact) mass is 396 g/mol. The second kappa shape index (κ2) is 10.4. The first-order valence-corrected chi connectivity index (χ1v) is 9.96. The molecule has 1 amide bonds. The minimum atomic E-state index is -0.200. The molecule has 4 N–H and O–H groups in total. The average molecular weight is 396 g/mol. The zero-order chi connectivity index (χ0) is 20.5. The molecule has 0 radical (unpaired) electrons. The van der Waals surface area contributed by atoms with Crippen LogP contribution in [-0.4, -0.2) is 36.7 Å². The van der Waals surface area contributed by atoms with Gasteiger partial charge in [-0.1, -0.05) is 18.2 Å². The molecule has 0 spiro atoms. The highest BCUT2D eigenvalue weighted by molar-refractivity contribution is 5.95. The van der Waals surface area contributed by atoms with Gasteiger partial charge in [0.05, 0.1) is 19.7 Å². The van der Waals surface area contributed by atoms with Crippen LogP contribution in [0.2, 0.25) is 0 Å². The first-order chi connectivity index (χ1) is 14.1. The number of phenols is 1. The summed E-state index contributed by atoms with van der Waals surface area (Å²) in [7, 11) is 0. The molecule has 2 aromatic rings. The number of benzene rings is 2. The van der Waals surface area contributed by atoms with E-state index in [1.165, 1.54) is 25.0 Å². The Morgan fingerprint density at radius 1 is 1.14 bits per heavy atom. The molecule has 7 heteroatoms. The van der Waals surface area contributed by atoms with E-state index in [9.17, 15) is 9.90 Å². The number of nitrogens with zero attached hydrogens (tertiary/aromatic N) is 1. The lowest BCUT2D eigenvalue weighted by Gasteiger charge is -2.13. The van der Waals surface area contributed by atoms with Gasteiger partial charge in [-0.3, -0.25) is 4.79 Å². The molecule has 1 saturated carbocycles. The smallest absolute Gasteiger partial charge is 0.243 e. The molecular weight excluding hydrogens is 368 g/mol. The lowest BCUT2D eigenvalue weighted by Crippen LogP contribution is -2.41. The van der Waals surface area contributed by atoms with Crippen LogP contribution in [-0.2, 0) is 11.3 Å². The van der Waals surface area contributed by atoms with E-state index in [-0.39, 0.29) is 18.2 Å². The standard InChI is InChI=1S/C22H28N4O3/c1-2-23-22(25-14-21(28)26-18-9-11-19(27)12-10-18)24-13-17-5-3-4-6-20(17)29-15-16-7-8-16/h3-6,9-12,16,27H,2,7-8,13-15H2,1H3,(H,26,28)(H2,23,24,25). The summed E-state index contributed by atoms with van der Waals surface area (Å²) in [6.45, 7) is 3.95. The van der Waals surface area contributed by atoms with E-state index in [1.807, 2.05) is 31.2 Å². The van der Waals surface area contributed by atoms with E-state index in [2.05, 4.69) is 20.9 Å². The molecule has 1 aliphatic carbocycles. The van der Waals surface area contributed by atoms with E-state index < -0.39 is 0 Å². The average Bonchev–Trinajstić information content (AvgIpc) is 3.55. The topological polar surface area (TPSA) is 95.0 Å². The SMILES string of the molecule is CCNC(=NCc1ccccc1OCC1CC1)NCC(=O)Nc1ccc(O)cc1. The second-order valence-corrected chi connectivity index (χ2v) is 7.01. The first-order valence-electron chi connectivity index (χ1n) is 9.96. The fourth-order valence-electron chi connectivity index (χ4n) is 2.69. The lowest BCUT2D eigenvalue weighted by atomic mass is 10.2. The quantitative estimate of drug-likeness (QED) is 0.297. The predicted octanol–water partition coefficient (Wildman–Crippen LogP) is 2.87. The number of phenolic OH excluding ortho intramolecular Hbond substituents is 1. The van der Waals surface area contributed by atoms with Crippen LogP contribution < -0.4 is 20.7 Å². The summed E-state index contributed by atoms with van der Waals surface area (Å²) in [5.74, 6) is 2.07. The maximum atomic E-state index is 12.2. The number of aliphatic imine (C=N–C) groups is 1. The van der Waals surface area contributed by atoms with Crippen LogP contribution in [0.25, 0.3) is 0 Å². The Morgan fingerprint density at radius 3 is 2.62 bits per heavy atom. The van der Waals surface area contributed by atoms with Gasteiger partial charge in [-0.05, 0) is 56.0 Å². The molecule has 1 aliphatic rings. The number of rotatable bonds is 9. The molecule has 0 aromatic heterocycles. The summed E-state index contributed by atoms with van der Waals surface area (Å²) >= 11 is 0. The second-order valence-electron chi connectivity index (χ2n) is 7.01. The van der Waals surface area contributed by atoms with Gasteiger partial charge in [0.15, 0.2) is 5.96 Å². The van der Waals surface area contributed by atoms with Crippen molar-refractivity contribution in [3.63, 3.8) is 0 Å². The van der Waals surface area contributed by atoms with Crippen molar-refractivity contribution in [1.29, 1.82) is 0 Å². The summed E-state index contributed by atoms with van der Waals surface area (Å²) in [5.41, 5.74) is 1.64. The summed E-state index contributed by atoms with van der Waals surface area (Å²) in [5, 5.41) is 18.3. The van der Waals surface area contributed by atoms with Gasteiger partial charge in [0.2, 0.25) is 5.91 Å². The Labute approximate surface area is 171 Å². The van der Waals surface area contributed by atoms with Crippen molar-refractivity contribution in [2.24, 2.45) is 10.9 Å². The van der Waals surface area contributed by atoms with Gasteiger partial charge in [0, 0.05) is 17.8 Å². The Hall–Kier alpha value is -3.22. The largest absolute Gasteiger partial charge is 0.508 e. The number of hydrogen-bond acceptors (Lipinski definition) is 4. The minimum absolute atomic E-state index is 0.0759. The van der Waals surface area contributed by atoms with E-state index in [1.54, 1.807) is 12.1 Å². The van der Waals surface area contributed by atoms with Crippen molar-refractivity contribution in [2.45, 2.75) is 26.3 Å². The molecule has 0 heterocycles. The molecule has 0 aliphatic heterocycles. The molecule has 3 rings (SSSR count). The van der Waals surface area contributed by atoms with Gasteiger partial charge in [0.1, 0.15) is 11.5 Å². The molecule has 0 unspecified atom stereocenters. The van der Waals surface area contributed by atoms with Crippen molar-refractivity contribution in [1.82, 2.24) is 10.6 Å². The van der Waals surface area contributed by atoms with Gasteiger partial charge < -0.3 is 25.8 Å². The highest BCUT2D eigenvalue weighted by atomic mass is 16.5. The van der Waals surface area contributed by atoms with E-state index in [0.29, 0.717) is 30.7 Å². The van der Waals surface area contributed by atoms with Gasteiger partial charge in [-0.15, -0.1) is 0 Å². The number of amides is 1. The first kappa shape index (κ1) is 20.5. The number of guanidine groups is 1. The number of para-hydroxylation sites is 1. The summed E-state index contributed by atoms with van der Waals surface area (Å²) < 4.78 is 5.93. The van der Waals surface area contributed by atoms with E-state index in [0.717, 1.165) is 17.9 Å². The Morgan fingerprint density at radius 2 is 1.90 bits per heavy atom. The Kier molecular flexibility index (Phi) is 7.33. The zero-order valence-corrected chi connectivity index (χ0v) is 16.6. The van der Waals surface area contributed by atoms with Crippen molar-refractivity contribution in [2.75, 3.05) is 25.0 Å². The molecule has 2 aromatic carbocycles. The van der Waals surface area contributed by atoms with Crippen molar-refractivity contribution in [3.8, 4) is 11.5 Å². The fourth-order valence-corrected chi connectivity index (χ4v) is 2.69. The Balaban J connectivity index is 1.54. The maximum absolute atomic E-state index is 12.2. The van der Waals surface area contributed by atoms with Crippen molar-refractivity contribution in [3.05, 3.63) is 54.1 Å². The van der Waals surface area contributed by atoms with Gasteiger partial charge in [-0.2, -0.15) is 0 Å². The fraction of sp³-hybridized carbons (Fsp3) is 0.364. The van der Waals surface area contributed by atoms with Crippen LogP contribution in [0.3, 0.4) is 0 Å². The van der Waals surface area contributed by atoms with Crippen LogP contribution in [0, 0.1) is 5.92 Å². The van der Waals surface area contributed by atoms with Gasteiger partial charge >= 0.3 is 0 Å². The molecular formula is C22H28N4O3. The Bertz CT molecular complexity index is 832. The predicted molar refractivity (Wildman–Crippen MR) is 114 cm³/mol. The number of hydrogen-bond donors (Lipinski definition) is 4. The normalized spacial score (nSPS) is 13.6. The molecule has 154 valence electrons. The number of carbonyl (C=O) groups is 1. The maximum Gasteiger partial charge on any atom is 0.243 e. The third-order valence-corrected chi connectivity index (χ3v) is 4.46. The lowest BCUT2D eigenvalue weighted by molar-refractivity contribution is -0.115. The molecule has 0 saturated heterocycles. The molecule has 1 fully saturated rings. The summed E-state index contributed by atoms with van der Waals surface area (Å²) in [6.07, 6.45) is 2.50. The van der Waals surface area contributed by atoms with Crippen LogP contribution >= 0.6 is 0 Å². The highest BCUT2D eigenvalue weighted by Gasteiger charge is 2.22. The van der Waals surface area contributed by atoms with E-state index in [4.69, 9.17) is 4.74 Å². The number of nitrogens with one attached hydrogen (secondary N) is 3. The van der Waals surface area contributed by atoms with Gasteiger partial charge in [0.25, 0.3) is 0 Å². The van der Waals surface area contributed by atoms with Crippen molar-refractivity contribution < 1.29 is 14.6 Å². The minimum Gasteiger partial charge on any atom is -0.508 e. The van der Waals surface area contributed by atoms with Gasteiger partial charge in [-0.25, -0.2) is 4.99 Å². The number of anilines is 1. The highest BCUT2D eigenvalue weighted by Crippen LogP contribution is 2.30. The summed E-state index contributed by atoms with van der Waals surface area (Å²) in [6, 6.07) is 14.3. The number of ether oxygens (including phenoxy) is 1. The van der Waals surface area contributed by atoms with Crippen LogP contribution in [0.1, 0.15) is 25.3 Å². The van der Waals surface area contributed by atoms with Crippen LogP contribution in [0.15, 0.2) is 53.5 Å². The molecule has 0 atom stereocenters. The zero-order valence-electron chi connectivity index (χ0n) is 16.6. The number of aromatic hydroxyl groups is 1. The summed E-state index contributed by atoms with van der Waals surface area (Å²) in [4.78, 5) is 16.7.